The summed E-state index contributed by atoms with van der Waals surface area (Å²) in [5, 5.41) is 10.9. The molecule has 1 amide bonds. The predicted molar refractivity (Wildman–Crippen MR) is 117 cm³/mol. The maximum atomic E-state index is 13.0. The largest absolute Gasteiger partial charge is 0.365 e. The number of hydrogen-bond acceptors (Lipinski definition) is 4. The van der Waals surface area contributed by atoms with E-state index in [1.807, 2.05) is 30.3 Å². The minimum atomic E-state index is -0.135. The van der Waals surface area contributed by atoms with Crippen molar-refractivity contribution in [2.45, 2.75) is 19.0 Å². The second-order valence-electron chi connectivity index (χ2n) is 7.50. The van der Waals surface area contributed by atoms with Crippen LogP contribution >= 0.6 is 0 Å². The second-order valence-corrected chi connectivity index (χ2v) is 7.50. The van der Waals surface area contributed by atoms with E-state index in [4.69, 9.17) is 5.73 Å². The van der Waals surface area contributed by atoms with E-state index in [1.165, 1.54) is 16.3 Å². The van der Waals surface area contributed by atoms with Crippen molar-refractivity contribution in [3.8, 4) is 0 Å². The van der Waals surface area contributed by atoms with Crippen LogP contribution in [0.2, 0.25) is 0 Å². The molecule has 0 spiro atoms. The number of amides is 1. The van der Waals surface area contributed by atoms with E-state index in [0.717, 1.165) is 22.2 Å². The molecule has 4 N–H and O–H groups in total. The van der Waals surface area contributed by atoms with Crippen LogP contribution in [0, 0.1) is 0 Å². The zero-order chi connectivity index (χ0) is 19.8. The number of anilines is 1. The van der Waals surface area contributed by atoms with Gasteiger partial charge in [-0.2, -0.15) is 0 Å². The zero-order valence-electron chi connectivity index (χ0n) is 16.0. The molecule has 0 aliphatic carbocycles. The summed E-state index contributed by atoms with van der Waals surface area (Å²) in [5.41, 5.74) is 8.97. The Morgan fingerprint density at radius 2 is 1.97 bits per heavy atom. The Morgan fingerprint density at radius 3 is 2.86 bits per heavy atom. The molecule has 5 nitrogen and oxygen atoms in total. The number of rotatable bonds is 5. The summed E-state index contributed by atoms with van der Waals surface area (Å²) in [5.74, 6) is 0.796. The molecule has 5 rings (SSSR count). The van der Waals surface area contributed by atoms with Crippen molar-refractivity contribution in [1.82, 2.24) is 10.3 Å². The fourth-order valence-electron chi connectivity index (χ4n) is 4.18. The number of nitrogens with two attached hydrogens (primary N) is 1. The maximum absolute atomic E-state index is 13.0. The summed E-state index contributed by atoms with van der Waals surface area (Å²) < 4.78 is 0. The lowest BCUT2D eigenvalue weighted by atomic mass is 9.98. The molecular weight excluding hydrogens is 360 g/mol. The fraction of sp³-hybridized carbons (Fsp3) is 0.167. The summed E-state index contributed by atoms with van der Waals surface area (Å²) in [7, 11) is 0. The molecule has 1 aromatic heterocycles. The molecule has 144 valence electrons. The molecule has 1 atom stereocenters. The molecule has 0 bridgehead atoms. The predicted octanol–water partition coefficient (Wildman–Crippen LogP) is 3.61. The number of nitrogens with one attached hydrogen (secondary N) is 2. The van der Waals surface area contributed by atoms with Gasteiger partial charge < -0.3 is 16.4 Å². The van der Waals surface area contributed by atoms with Crippen molar-refractivity contribution >= 4 is 33.3 Å². The van der Waals surface area contributed by atoms with Crippen LogP contribution in [0.4, 0.5) is 5.82 Å². The van der Waals surface area contributed by atoms with Crippen LogP contribution in [0.5, 0.6) is 0 Å². The van der Waals surface area contributed by atoms with Crippen molar-refractivity contribution in [1.29, 1.82) is 0 Å². The summed E-state index contributed by atoms with van der Waals surface area (Å²) >= 11 is 0. The molecule has 1 aliphatic rings. The molecule has 29 heavy (non-hydrogen) atoms. The summed E-state index contributed by atoms with van der Waals surface area (Å²) in [4.78, 5) is 17.4. The van der Waals surface area contributed by atoms with E-state index in [1.54, 1.807) is 6.20 Å². The van der Waals surface area contributed by atoms with Crippen LogP contribution in [0.15, 0.2) is 66.9 Å². The summed E-state index contributed by atoms with van der Waals surface area (Å²) in [6.07, 6.45) is 2.46. The summed E-state index contributed by atoms with van der Waals surface area (Å²) in [6, 6.07) is 20.2. The lowest BCUT2D eigenvalue weighted by molar-refractivity contribution is 0.0938. The number of hydrogen-bond donors (Lipinski definition) is 3. The van der Waals surface area contributed by atoms with Gasteiger partial charge in [-0.05, 0) is 51.9 Å². The number of benzene rings is 3. The molecular formula is C24H22N4O. The molecule has 0 radical (unpaired) electrons. The first-order chi connectivity index (χ1) is 14.2. The third kappa shape index (κ3) is 3.19. The molecule has 0 saturated carbocycles. The summed E-state index contributed by atoms with van der Waals surface area (Å²) in [6.45, 7) is 1.07. The highest BCUT2D eigenvalue weighted by Gasteiger charge is 2.19. The lowest BCUT2D eigenvalue weighted by Crippen LogP contribution is -2.41. The molecule has 0 unspecified atom stereocenters. The van der Waals surface area contributed by atoms with Crippen molar-refractivity contribution < 1.29 is 4.79 Å². The Hall–Kier alpha value is -3.44. The quantitative estimate of drug-likeness (QED) is 0.493. The van der Waals surface area contributed by atoms with Gasteiger partial charge in [-0.25, -0.2) is 4.98 Å². The van der Waals surface area contributed by atoms with Crippen LogP contribution in [0.1, 0.15) is 21.5 Å². The molecule has 1 aliphatic heterocycles. The Balaban J connectivity index is 1.40. The zero-order valence-corrected chi connectivity index (χ0v) is 16.0. The van der Waals surface area contributed by atoms with Crippen molar-refractivity contribution in [3.05, 3.63) is 83.6 Å². The minimum Gasteiger partial charge on any atom is -0.365 e. The van der Waals surface area contributed by atoms with Crippen LogP contribution < -0.4 is 16.4 Å². The first-order valence-electron chi connectivity index (χ1n) is 9.86. The van der Waals surface area contributed by atoms with Crippen LogP contribution in [0.3, 0.4) is 0 Å². The Kier molecular flexibility index (Phi) is 4.37. The maximum Gasteiger partial charge on any atom is 0.251 e. The monoisotopic (exact) mass is 382 g/mol. The molecule has 5 heteroatoms. The Bertz CT molecular complexity index is 1230. The topological polar surface area (TPSA) is 80.0 Å². The minimum absolute atomic E-state index is 0.0934. The molecule has 2 heterocycles. The highest BCUT2D eigenvalue weighted by Crippen LogP contribution is 2.32. The lowest BCUT2D eigenvalue weighted by Gasteiger charge is -2.18. The van der Waals surface area contributed by atoms with Gasteiger partial charge in [0.15, 0.2) is 0 Å². The molecule has 3 aromatic carbocycles. The van der Waals surface area contributed by atoms with E-state index in [0.29, 0.717) is 25.1 Å². The van der Waals surface area contributed by atoms with E-state index in [2.05, 4.69) is 45.9 Å². The first kappa shape index (κ1) is 17.6. The van der Waals surface area contributed by atoms with Gasteiger partial charge in [0, 0.05) is 36.3 Å². The Labute approximate surface area is 168 Å². The standard InChI is InChI=1S/C24H22N4O/c25-13-20(12-16-6-3-5-15-4-1-2-7-21(15)16)28-24(29)18-10-17-8-9-26-23-22(17)19(11-18)14-27-23/h1-11,20H,12-14,25H2,(H,26,27)(H,28,29)/t20-/m0/s1. The average molecular weight is 382 g/mol. The normalized spacial score (nSPS) is 13.4. The highest BCUT2D eigenvalue weighted by molar-refractivity contribution is 6.04. The van der Waals surface area contributed by atoms with Gasteiger partial charge in [0.1, 0.15) is 5.82 Å². The highest BCUT2D eigenvalue weighted by atomic mass is 16.1. The number of carbonyl (C=O) groups excluding carboxylic acids is 1. The van der Waals surface area contributed by atoms with Gasteiger partial charge in [-0.15, -0.1) is 0 Å². The third-order valence-corrected chi connectivity index (χ3v) is 5.62. The third-order valence-electron chi connectivity index (χ3n) is 5.62. The first-order valence-corrected chi connectivity index (χ1v) is 9.86. The van der Waals surface area contributed by atoms with E-state index in [-0.39, 0.29) is 11.9 Å². The van der Waals surface area contributed by atoms with Gasteiger partial charge in [0.25, 0.3) is 5.91 Å². The van der Waals surface area contributed by atoms with Crippen LogP contribution in [0.25, 0.3) is 21.5 Å². The molecule has 0 fully saturated rings. The SMILES string of the molecule is NC[C@H](Cc1cccc2ccccc12)NC(=O)c1cc2c3c(nccc3c1)NC2. The van der Waals surface area contributed by atoms with Gasteiger partial charge in [-0.1, -0.05) is 42.5 Å². The average Bonchev–Trinajstić information content (AvgIpc) is 3.18. The van der Waals surface area contributed by atoms with Gasteiger partial charge in [0.05, 0.1) is 0 Å². The number of aromatic nitrogens is 1. The van der Waals surface area contributed by atoms with Crippen molar-refractivity contribution in [3.63, 3.8) is 0 Å². The van der Waals surface area contributed by atoms with Crippen LogP contribution in [-0.2, 0) is 13.0 Å². The van der Waals surface area contributed by atoms with Crippen molar-refractivity contribution in [2.24, 2.45) is 5.73 Å². The van der Waals surface area contributed by atoms with E-state index >= 15 is 0 Å². The fourth-order valence-corrected chi connectivity index (χ4v) is 4.18. The van der Waals surface area contributed by atoms with Gasteiger partial charge >= 0.3 is 0 Å². The smallest absolute Gasteiger partial charge is 0.251 e. The number of fused-ring (bicyclic) bond motifs is 1. The molecule has 4 aromatic rings. The Morgan fingerprint density at radius 1 is 1.10 bits per heavy atom. The molecule has 0 saturated heterocycles. The number of carbonyl (C=O) groups is 1. The number of nitrogens with zero attached hydrogens (tertiary/aromatic N) is 1. The van der Waals surface area contributed by atoms with Crippen molar-refractivity contribution in [2.75, 3.05) is 11.9 Å². The van der Waals surface area contributed by atoms with Crippen LogP contribution in [-0.4, -0.2) is 23.5 Å². The number of pyridine rings is 1. The second kappa shape index (κ2) is 7.18. The van der Waals surface area contributed by atoms with E-state index < -0.39 is 0 Å². The van der Waals surface area contributed by atoms with Gasteiger partial charge in [-0.3, -0.25) is 4.79 Å². The van der Waals surface area contributed by atoms with E-state index in [9.17, 15) is 4.79 Å². The van der Waals surface area contributed by atoms with Gasteiger partial charge in [0.2, 0.25) is 0 Å².